The van der Waals surface area contributed by atoms with Crippen LogP contribution in [0.4, 0.5) is 5.13 Å². The molecule has 0 aliphatic carbocycles. The van der Waals surface area contributed by atoms with Crippen LogP contribution >= 0.6 is 11.3 Å². The number of fused-ring (bicyclic) bond motifs is 1. The average Bonchev–Trinajstić information content (AvgIpc) is 3.21. The second-order valence-electron chi connectivity index (χ2n) is 6.89. The number of aromatic nitrogens is 1. The van der Waals surface area contributed by atoms with Gasteiger partial charge in [0.15, 0.2) is 11.7 Å². The number of nitrogens with one attached hydrogen (secondary N) is 1. The number of benzene rings is 2. The molecule has 0 spiro atoms. The van der Waals surface area contributed by atoms with Crippen molar-refractivity contribution >= 4 is 32.6 Å². The van der Waals surface area contributed by atoms with Crippen LogP contribution in [0, 0.1) is 0 Å². The Labute approximate surface area is 182 Å². The fourth-order valence-corrected chi connectivity index (χ4v) is 4.27. The van der Waals surface area contributed by atoms with Crippen LogP contribution in [0.2, 0.25) is 0 Å². The number of hydrogen-bond donors (Lipinski definition) is 1. The third-order valence-corrected chi connectivity index (χ3v) is 6.04. The summed E-state index contributed by atoms with van der Waals surface area (Å²) in [5.41, 5.74) is 0.802. The third-order valence-electron chi connectivity index (χ3n) is 5.00. The molecule has 1 aromatic heterocycles. The number of ether oxygens (including phenoxy) is 2. The standard InChI is InChI=1S/C23H29N3O3S/c1-4-25(5-2)15-16-26(21(27)17-29-18-11-8-7-9-12-18)23-24-22-19(28-6-3)13-10-14-20(22)30-23/h7-14H,4-6,15-17H2,1-3H3/p+1. The predicted octanol–water partition coefficient (Wildman–Crippen LogP) is 3.03. The molecule has 0 saturated carbocycles. The molecule has 0 saturated heterocycles. The van der Waals surface area contributed by atoms with Gasteiger partial charge in [-0.15, -0.1) is 0 Å². The van der Waals surface area contributed by atoms with Crippen LogP contribution in [-0.2, 0) is 4.79 Å². The lowest BCUT2D eigenvalue weighted by Crippen LogP contribution is -3.12. The molecule has 1 N–H and O–H groups in total. The van der Waals surface area contributed by atoms with Crippen molar-refractivity contribution in [1.29, 1.82) is 0 Å². The molecule has 0 radical (unpaired) electrons. The Morgan fingerprint density at radius 2 is 1.80 bits per heavy atom. The van der Waals surface area contributed by atoms with E-state index in [-0.39, 0.29) is 12.5 Å². The van der Waals surface area contributed by atoms with Gasteiger partial charge < -0.3 is 14.4 Å². The van der Waals surface area contributed by atoms with E-state index in [4.69, 9.17) is 14.5 Å². The van der Waals surface area contributed by atoms with Crippen LogP contribution in [0.1, 0.15) is 20.8 Å². The van der Waals surface area contributed by atoms with Gasteiger partial charge in [0.25, 0.3) is 5.91 Å². The van der Waals surface area contributed by atoms with Crippen LogP contribution in [0.5, 0.6) is 11.5 Å². The van der Waals surface area contributed by atoms with Gasteiger partial charge in [0.05, 0.1) is 37.5 Å². The minimum absolute atomic E-state index is 0.0220. The topological polar surface area (TPSA) is 56.1 Å². The molecule has 30 heavy (non-hydrogen) atoms. The minimum atomic E-state index is -0.0950. The van der Waals surface area contributed by atoms with Crippen molar-refractivity contribution in [2.75, 3.05) is 44.3 Å². The Morgan fingerprint density at radius 3 is 2.50 bits per heavy atom. The number of thiazole rings is 1. The summed E-state index contributed by atoms with van der Waals surface area (Å²) >= 11 is 1.51. The van der Waals surface area contributed by atoms with Gasteiger partial charge in [-0.3, -0.25) is 9.69 Å². The maximum Gasteiger partial charge on any atom is 0.266 e. The Balaban J connectivity index is 1.83. The molecule has 1 heterocycles. The van der Waals surface area contributed by atoms with E-state index in [1.807, 2.05) is 55.5 Å². The van der Waals surface area contributed by atoms with Crippen LogP contribution in [0.25, 0.3) is 10.2 Å². The van der Waals surface area contributed by atoms with Gasteiger partial charge >= 0.3 is 0 Å². The monoisotopic (exact) mass is 428 g/mol. The lowest BCUT2D eigenvalue weighted by atomic mass is 10.3. The number of amides is 1. The normalized spacial score (nSPS) is 11.1. The molecule has 0 atom stereocenters. The third kappa shape index (κ3) is 5.49. The Morgan fingerprint density at radius 1 is 1.03 bits per heavy atom. The van der Waals surface area contributed by atoms with E-state index in [1.54, 1.807) is 4.90 Å². The van der Waals surface area contributed by atoms with E-state index in [9.17, 15) is 4.79 Å². The van der Waals surface area contributed by atoms with Gasteiger partial charge in [0.2, 0.25) is 0 Å². The fourth-order valence-electron chi connectivity index (χ4n) is 3.24. The van der Waals surface area contributed by atoms with Gasteiger partial charge in [-0.05, 0) is 45.0 Å². The number of quaternary nitrogens is 1. The Bertz CT molecular complexity index is 941. The minimum Gasteiger partial charge on any atom is -0.492 e. The maximum absolute atomic E-state index is 13.1. The first kappa shape index (κ1) is 22.1. The number of para-hydroxylation sites is 2. The summed E-state index contributed by atoms with van der Waals surface area (Å²) < 4.78 is 12.5. The molecular weight excluding hydrogens is 398 g/mol. The maximum atomic E-state index is 13.1. The quantitative estimate of drug-likeness (QED) is 0.510. The van der Waals surface area contributed by atoms with Crippen molar-refractivity contribution in [1.82, 2.24) is 4.98 Å². The van der Waals surface area contributed by atoms with Crippen molar-refractivity contribution in [3.8, 4) is 11.5 Å². The molecule has 160 valence electrons. The molecule has 0 aliphatic rings. The molecular formula is C23H30N3O3S+. The van der Waals surface area contributed by atoms with E-state index in [0.717, 1.165) is 35.6 Å². The van der Waals surface area contributed by atoms with Crippen LogP contribution in [-0.4, -0.2) is 50.3 Å². The second-order valence-corrected chi connectivity index (χ2v) is 7.90. The highest BCUT2D eigenvalue weighted by atomic mass is 32.1. The van der Waals surface area contributed by atoms with Gasteiger partial charge in [0, 0.05) is 0 Å². The highest BCUT2D eigenvalue weighted by Gasteiger charge is 2.23. The smallest absolute Gasteiger partial charge is 0.266 e. The summed E-state index contributed by atoms with van der Waals surface area (Å²) in [6.45, 7) is 10.3. The molecule has 3 aromatic rings. The number of nitrogens with zero attached hydrogens (tertiary/aromatic N) is 2. The van der Waals surface area contributed by atoms with Crippen molar-refractivity contribution in [3.05, 3.63) is 48.5 Å². The highest BCUT2D eigenvalue weighted by molar-refractivity contribution is 7.22. The summed E-state index contributed by atoms with van der Waals surface area (Å²) in [6, 6.07) is 15.3. The summed E-state index contributed by atoms with van der Waals surface area (Å²) in [6.07, 6.45) is 0. The SMILES string of the molecule is CCOc1cccc2sc(N(CC[NH+](CC)CC)C(=O)COc3ccccc3)nc12. The zero-order chi connectivity index (χ0) is 21.3. The first-order valence-electron chi connectivity index (χ1n) is 10.5. The molecule has 0 aliphatic heterocycles. The van der Waals surface area contributed by atoms with Gasteiger partial charge in [-0.1, -0.05) is 35.6 Å². The first-order valence-corrected chi connectivity index (χ1v) is 11.3. The Kier molecular flexibility index (Phi) is 8.04. The van der Waals surface area contributed by atoms with Crippen LogP contribution in [0.15, 0.2) is 48.5 Å². The van der Waals surface area contributed by atoms with E-state index in [0.29, 0.717) is 24.0 Å². The van der Waals surface area contributed by atoms with Crippen LogP contribution < -0.4 is 19.3 Å². The Hall–Kier alpha value is -2.64. The average molecular weight is 429 g/mol. The molecule has 3 rings (SSSR count). The molecule has 0 bridgehead atoms. The number of likely N-dealkylation sites (N-methyl/N-ethyl adjacent to an activating group) is 1. The van der Waals surface area contributed by atoms with E-state index >= 15 is 0 Å². The lowest BCUT2D eigenvalue weighted by molar-refractivity contribution is -0.894. The first-order chi connectivity index (χ1) is 14.7. The van der Waals surface area contributed by atoms with Crippen molar-refractivity contribution in [3.63, 3.8) is 0 Å². The molecule has 0 fully saturated rings. The number of carbonyl (C=O) groups is 1. The lowest BCUT2D eigenvalue weighted by Gasteiger charge is -2.23. The number of carbonyl (C=O) groups excluding carboxylic acids is 1. The highest BCUT2D eigenvalue weighted by Crippen LogP contribution is 2.34. The van der Waals surface area contributed by atoms with E-state index in [2.05, 4.69) is 13.8 Å². The molecule has 7 heteroatoms. The number of anilines is 1. The second kappa shape index (κ2) is 10.9. The summed E-state index contributed by atoms with van der Waals surface area (Å²) in [7, 11) is 0. The number of rotatable bonds is 11. The van der Waals surface area contributed by atoms with Crippen molar-refractivity contribution in [2.24, 2.45) is 0 Å². The summed E-state index contributed by atoms with van der Waals surface area (Å²) in [5, 5.41) is 0.686. The molecule has 6 nitrogen and oxygen atoms in total. The molecule has 0 unspecified atom stereocenters. The summed E-state index contributed by atoms with van der Waals surface area (Å²) in [5.74, 6) is 1.34. The van der Waals surface area contributed by atoms with Crippen molar-refractivity contribution < 1.29 is 19.2 Å². The predicted molar refractivity (Wildman–Crippen MR) is 122 cm³/mol. The fraction of sp³-hybridized carbons (Fsp3) is 0.391. The molecule has 2 aromatic carbocycles. The van der Waals surface area contributed by atoms with Gasteiger partial charge in [0.1, 0.15) is 17.0 Å². The van der Waals surface area contributed by atoms with Crippen LogP contribution in [0.3, 0.4) is 0 Å². The largest absolute Gasteiger partial charge is 0.492 e. The zero-order valence-electron chi connectivity index (χ0n) is 17.9. The summed E-state index contributed by atoms with van der Waals surface area (Å²) in [4.78, 5) is 21.1. The molecule has 1 amide bonds. The van der Waals surface area contributed by atoms with E-state index < -0.39 is 0 Å². The van der Waals surface area contributed by atoms with Gasteiger partial charge in [-0.25, -0.2) is 4.98 Å². The van der Waals surface area contributed by atoms with Gasteiger partial charge in [-0.2, -0.15) is 0 Å². The van der Waals surface area contributed by atoms with Crippen molar-refractivity contribution in [2.45, 2.75) is 20.8 Å². The zero-order valence-corrected chi connectivity index (χ0v) is 18.7. The number of hydrogen-bond acceptors (Lipinski definition) is 5. The van der Waals surface area contributed by atoms with E-state index in [1.165, 1.54) is 16.2 Å².